The van der Waals surface area contributed by atoms with E-state index < -0.39 is 0 Å². The van der Waals surface area contributed by atoms with Gasteiger partial charge < -0.3 is 5.32 Å². The molecule has 1 aliphatic rings. The first-order valence-electron chi connectivity index (χ1n) is 4.96. The van der Waals surface area contributed by atoms with E-state index in [9.17, 15) is 0 Å². The molecule has 5 heteroatoms. The number of aromatic nitrogens is 2. The van der Waals surface area contributed by atoms with Crippen molar-refractivity contribution >= 4 is 28.3 Å². The molecule has 0 aliphatic heterocycles. The fourth-order valence-electron chi connectivity index (χ4n) is 1.76. The Labute approximate surface area is 93.1 Å². The molecule has 3 nitrogen and oxygen atoms in total. The van der Waals surface area contributed by atoms with Crippen LogP contribution >= 0.6 is 23.1 Å². The summed E-state index contributed by atoms with van der Waals surface area (Å²) in [6.45, 7) is 1.90. The molecule has 1 fully saturated rings. The van der Waals surface area contributed by atoms with Crippen LogP contribution in [0.25, 0.3) is 0 Å². The van der Waals surface area contributed by atoms with Crippen LogP contribution in [0.3, 0.4) is 0 Å². The summed E-state index contributed by atoms with van der Waals surface area (Å²) in [5.41, 5.74) is 0. The van der Waals surface area contributed by atoms with Crippen LogP contribution in [0.1, 0.15) is 31.5 Å². The number of nitrogens with zero attached hydrogens (tertiary/aromatic N) is 2. The van der Waals surface area contributed by atoms with Crippen molar-refractivity contribution in [2.45, 2.75) is 44.0 Å². The summed E-state index contributed by atoms with van der Waals surface area (Å²) in [5, 5.41) is 4.51. The number of hydrogen-bond donors (Lipinski definition) is 1. The van der Waals surface area contributed by atoms with Gasteiger partial charge in [0.15, 0.2) is 0 Å². The third kappa shape index (κ3) is 2.36. The maximum atomic E-state index is 6.23. The van der Waals surface area contributed by atoms with Crippen molar-refractivity contribution in [1.29, 1.82) is 0 Å². The summed E-state index contributed by atoms with van der Waals surface area (Å²) >= 11 is 7.65. The first-order valence-corrected chi connectivity index (χ1v) is 6.17. The molecule has 1 heterocycles. The van der Waals surface area contributed by atoms with Gasteiger partial charge in [-0.15, -0.1) is 11.6 Å². The molecule has 1 N–H and O–H groups in total. The van der Waals surface area contributed by atoms with Gasteiger partial charge in [0.05, 0.1) is 5.38 Å². The van der Waals surface area contributed by atoms with Crippen LogP contribution in [0.5, 0.6) is 0 Å². The third-order valence-electron chi connectivity index (χ3n) is 2.52. The Morgan fingerprint density at radius 1 is 1.43 bits per heavy atom. The predicted octanol–water partition coefficient (Wildman–Crippen LogP) is 2.81. The minimum absolute atomic E-state index is 0.243. The van der Waals surface area contributed by atoms with E-state index >= 15 is 0 Å². The molecule has 1 aromatic rings. The molecule has 2 atom stereocenters. The van der Waals surface area contributed by atoms with Crippen LogP contribution < -0.4 is 5.32 Å². The highest BCUT2D eigenvalue weighted by Crippen LogP contribution is 2.26. The van der Waals surface area contributed by atoms with Crippen LogP contribution in [0.15, 0.2) is 0 Å². The fraction of sp³-hybridized carbons (Fsp3) is 0.778. The molecule has 0 bridgehead atoms. The molecule has 0 aromatic carbocycles. The van der Waals surface area contributed by atoms with Crippen molar-refractivity contribution in [3.05, 3.63) is 5.82 Å². The number of rotatable bonds is 2. The van der Waals surface area contributed by atoms with E-state index in [2.05, 4.69) is 14.7 Å². The molecule has 1 aliphatic carbocycles. The summed E-state index contributed by atoms with van der Waals surface area (Å²) in [6, 6.07) is 0.373. The number of anilines is 1. The van der Waals surface area contributed by atoms with Gasteiger partial charge in [-0.3, -0.25) is 0 Å². The molecule has 0 saturated heterocycles. The molecule has 0 spiro atoms. The van der Waals surface area contributed by atoms with Crippen molar-refractivity contribution in [1.82, 2.24) is 9.36 Å². The van der Waals surface area contributed by atoms with E-state index in [4.69, 9.17) is 11.6 Å². The average Bonchev–Trinajstić information content (AvgIpc) is 2.56. The third-order valence-corrected chi connectivity index (χ3v) is 3.78. The quantitative estimate of drug-likeness (QED) is 0.796. The minimum atomic E-state index is 0.243. The zero-order chi connectivity index (χ0) is 9.97. The topological polar surface area (TPSA) is 37.8 Å². The molecule has 2 unspecified atom stereocenters. The largest absolute Gasteiger partial charge is 0.356 e. The predicted molar refractivity (Wildman–Crippen MR) is 60.2 cm³/mol. The van der Waals surface area contributed by atoms with Gasteiger partial charge in [0.2, 0.25) is 5.13 Å². The molecule has 2 rings (SSSR count). The van der Waals surface area contributed by atoms with Crippen molar-refractivity contribution < 1.29 is 0 Å². The van der Waals surface area contributed by atoms with Gasteiger partial charge in [-0.2, -0.15) is 4.37 Å². The second kappa shape index (κ2) is 4.45. The Morgan fingerprint density at radius 2 is 2.21 bits per heavy atom. The van der Waals surface area contributed by atoms with Crippen LogP contribution in [-0.4, -0.2) is 20.8 Å². The minimum Gasteiger partial charge on any atom is -0.356 e. The number of nitrogens with one attached hydrogen (secondary N) is 1. The standard InChI is InChI=1S/C9H14ClN3S/c1-6-11-9(14-13-6)12-8-5-3-2-4-7(8)10/h7-8H,2-5H2,1H3,(H,11,12,13). The van der Waals surface area contributed by atoms with E-state index in [1.54, 1.807) is 0 Å². The summed E-state index contributed by atoms with van der Waals surface area (Å²) < 4.78 is 4.13. The van der Waals surface area contributed by atoms with Crippen molar-refractivity contribution in [2.24, 2.45) is 0 Å². The molecule has 0 amide bonds. The lowest BCUT2D eigenvalue weighted by Gasteiger charge is -2.27. The van der Waals surface area contributed by atoms with Crippen LogP contribution in [0.4, 0.5) is 5.13 Å². The van der Waals surface area contributed by atoms with Gasteiger partial charge in [-0.05, 0) is 19.8 Å². The van der Waals surface area contributed by atoms with Gasteiger partial charge in [0, 0.05) is 17.6 Å². The van der Waals surface area contributed by atoms with Crippen LogP contribution in [0, 0.1) is 6.92 Å². The summed E-state index contributed by atoms with van der Waals surface area (Å²) in [4.78, 5) is 4.28. The summed E-state index contributed by atoms with van der Waals surface area (Å²) in [6.07, 6.45) is 4.77. The molecule has 0 radical (unpaired) electrons. The van der Waals surface area contributed by atoms with Gasteiger partial charge in [-0.1, -0.05) is 12.8 Å². The van der Waals surface area contributed by atoms with Crippen molar-refractivity contribution in [2.75, 3.05) is 5.32 Å². The van der Waals surface area contributed by atoms with Crippen molar-refractivity contribution in [3.8, 4) is 0 Å². The summed E-state index contributed by atoms with van der Waals surface area (Å²) in [7, 11) is 0. The normalized spacial score (nSPS) is 27.6. The Kier molecular flexibility index (Phi) is 3.23. The first kappa shape index (κ1) is 10.2. The molecule has 1 saturated carbocycles. The molecular weight excluding hydrogens is 218 g/mol. The van der Waals surface area contributed by atoms with E-state index in [1.165, 1.54) is 24.4 Å². The van der Waals surface area contributed by atoms with Gasteiger partial charge in [-0.25, -0.2) is 4.98 Å². The fourth-order valence-corrected chi connectivity index (χ4v) is 2.74. The van der Waals surface area contributed by atoms with Crippen molar-refractivity contribution in [3.63, 3.8) is 0 Å². The lowest BCUT2D eigenvalue weighted by molar-refractivity contribution is 0.469. The van der Waals surface area contributed by atoms with Gasteiger partial charge in [0.1, 0.15) is 5.82 Å². The van der Waals surface area contributed by atoms with Crippen LogP contribution in [0.2, 0.25) is 0 Å². The number of alkyl halides is 1. The Balaban J connectivity index is 1.95. The highest BCUT2D eigenvalue weighted by Gasteiger charge is 2.23. The highest BCUT2D eigenvalue weighted by atomic mass is 35.5. The Hall–Kier alpha value is -0.350. The Morgan fingerprint density at radius 3 is 2.86 bits per heavy atom. The zero-order valence-corrected chi connectivity index (χ0v) is 9.74. The maximum Gasteiger partial charge on any atom is 0.202 e. The zero-order valence-electron chi connectivity index (χ0n) is 8.16. The molecule has 78 valence electrons. The van der Waals surface area contributed by atoms with E-state index in [1.807, 2.05) is 6.92 Å². The monoisotopic (exact) mass is 231 g/mol. The maximum absolute atomic E-state index is 6.23. The second-order valence-corrected chi connectivity index (χ2v) is 5.01. The smallest absolute Gasteiger partial charge is 0.202 e. The number of aryl methyl sites for hydroxylation is 1. The van der Waals surface area contributed by atoms with Crippen LogP contribution in [-0.2, 0) is 0 Å². The SMILES string of the molecule is Cc1nsc(NC2CCCCC2Cl)n1. The lowest BCUT2D eigenvalue weighted by Crippen LogP contribution is -2.32. The van der Waals surface area contributed by atoms with E-state index in [0.717, 1.165) is 23.8 Å². The van der Waals surface area contributed by atoms with E-state index in [0.29, 0.717) is 6.04 Å². The second-order valence-electron chi connectivity index (χ2n) is 3.70. The summed E-state index contributed by atoms with van der Waals surface area (Å²) in [5.74, 6) is 0.833. The highest BCUT2D eigenvalue weighted by molar-refractivity contribution is 7.09. The average molecular weight is 232 g/mol. The number of halogens is 1. The number of hydrogen-bond acceptors (Lipinski definition) is 4. The first-order chi connectivity index (χ1) is 6.75. The Bertz CT molecular complexity index is 302. The van der Waals surface area contributed by atoms with Gasteiger partial charge >= 0.3 is 0 Å². The van der Waals surface area contributed by atoms with E-state index in [-0.39, 0.29) is 5.38 Å². The molecule has 1 aromatic heterocycles. The van der Waals surface area contributed by atoms with Gasteiger partial charge in [0.25, 0.3) is 0 Å². The lowest BCUT2D eigenvalue weighted by atomic mass is 9.95. The molecule has 14 heavy (non-hydrogen) atoms. The molecular formula is C9H14ClN3S.